The van der Waals surface area contributed by atoms with Gasteiger partial charge in [-0.15, -0.1) is 11.3 Å². The van der Waals surface area contributed by atoms with Crippen molar-refractivity contribution in [1.82, 2.24) is 5.43 Å². The number of carbonyl (C=O) groups excluding carboxylic acids is 2. The second-order valence-electron chi connectivity index (χ2n) is 6.52. The molecule has 1 heterocycles. The highest BCUT2D eigenvalue weighted by atomic mass is 32.1. The number of hydrogen-bond acceptors (Lipinski definition) is 7. The molecule has 0 saturated heterocycles. The number of nitrogens with one attached hydrogen (secondary N) is 2. The Morgan fingerprint density at radius 2 is 1.90 bits per heavy atom. The van der Waals surface area contributed by atoms with Crippen LogP contribution in [0.15, 0.2) is 65.1 Å². The van der Waals surface area contributed by atoms with E-state index in [9.17, 15) is 9.59 Å². The summed E-state index contributed by atoms with van der Waals surface area (Å²) in [6.45, 7) is 4.35. The number of ether oxygens (including phenoxy) is 2. The van der Waals surface area contributed by atoms with E-state index < -0.39 is 5.97 Å². The van der Waals surface area contributed by atoms with Crippen LogP contribution >= 0.6 is 11.3 Å². The molecule has 160 valence electrons. The molecular weight excluding hydrogens is 414 g/mol. The lowest BCUT2D eigenvalue weighted by Gasteiger charge is -2.10. The lowest BCUT2D eigenvalue weighted by Crippen LogP contribution is -2.25. The van der Waals surface area contributed by atoms with Gasteiger partial charge >= 0.3 is 5.97 Å². The van der Waals surface area contributed by atoms with Crippen LogP contribution in [0.1, 0.15) is 27.7 Å². The molecule has 3 rings (SSSR count). The van der Waals surface area contributed by atoms with E-state index in [1.807, 2.05) is 43.5 Å². The molecule has 31 heavy (non-hydrogen) atoms. The Kier molecular flexibility index (Phi) is 7.78. The third kappa shape index (κ3) is 6.68. The predicted octanol–water partition coefficient (Wildman–Crippen LogP) is 4.24. The fourth-order valence-electron chi connectivity index (χ4n) is 2.57. The van der Waals surface area contributed by atoms with Crippen LogP contribution in [0.5, 0.6) is 11.5 Å². The summed E-state index contributed by atoms with van der Waals surface area (Å²) in [4.78, 5) is 24.7. The van der Waals surface area contributed by atoms with Crippen molar-refractivity contribution < 1.29 is 19.1 Å². The molecule has 2 aromatic carbocycles. The fourth-order valence-corrected chi connectivity index (χ4v) is 3.17. The monoisotopic (exact) mass is 437 g/mol. The average Bonchev–Trinajstić information content (AvgIpc) is 3.30. The molecule has 1 amide bonds. The maximum atomic E-state index is 12.2. The molecule has 0 aliphatic rings. The SMILES string of the molecule is CCOc1cc(C=NNC(=O)CNc2ccc(C)cc2)ccc1OC(=O)c1cccs1. The largest absolute Gasteiger partial charge is 0.490 e. The minimum atomic E-state index is -0.439. The molecule has 8 heteroatoms. The van der Waals surface area contributed by atoms with Crippen molar-refractivity contribution in [2.75, 3.05) is 18.5 Å². The zero-order chi connectivity index (χ0) is 22.1. The fraction of sp³-hybridized carbons (Fsp3) is 0.174. The van der Waals surface area contributed by atoms with Crippen molar-refractivity contribution in [3.05, 3.63) is 76.0 Å². The van der Waals surface area contributed by atoms with Gasteiger partial charge in [-0.2, -0.15) is 5.10 Å². The van der Waals surface area contributed by atoms with E-state index in [1.165, 1.54) is 17.6 Å². The van der Waals surface area contributed by atoms with Gasteiger partial charge in [-0.25, -0.2) is 10.2 Å². The number of aryl methyl sites for hydroxylation is 1. The molecular formula is C23H23N3O4S. The zero-order valence-corrected chi connectivity index (χ0v) is 18.1. The number of esters is 1. The second-order valence-corrected chi connectivity index (χ2v) is 7.47. The Balaban J connectivity index is 1.56. The van der Waals surface area contributed by atoms with Crippen LogP contribution in [-0.2, 0) is 4.79 Å². The first-order valence-electron chi connectivity index (χ1n) is 9.70. The molecule has 0 unspecified atom stereocenters. The van der Waals surface area contributed by atoms with Gasteiger partial charge in [0.1, 0.15) is 4.88 Å². The average molecular weight is 438 g/mol. The molecule has 0 saturated carbocycles. The number of thiophene rings is 1. The van der Waals surface area contributed by atoms with Crippen molar-refractivity contribution in [3.8, 4) is 11.5 Å². The van der Waals surface area contributed by atoms with E-state index in [-0.39, 0.29) is 12.5 Å². The van der Waals surface area contributed by atoms with Crippen LogP contribution in [0.4, 0.5) is 5.69 Å². The predicted molar refractivity (Wildman–Crippen MR) is 122 cm³/mol. The number of rotatable bonds is 9. The maximum Gasteiger partial charge on any atom is 0.353 e. The van der Waals surface area contributed by atoms with Crippen molar-refractivity contribution in [2.24, 2.45) is 5.10 Å². The summed E-state index contributed by atoms with van der Waals surface area (Å²) in [5.74, 6) is 0.0292. The Hall–Kier alpha value is -3.65. The number of benzene rings is 2. The number of amides is 1. The van der Waals surface area contributed by atoms with Crippen LogP contribution in [0.25, 0.3) is 0 Å². The molecule has 7 nitrogen and oxygen atoms in total. The van der Waals surface area contributed by atoms with E-state index in [1.54, 1.807) is 30.3 Å². The number of anilines is 1. The number of carbonyl (C=O) groups is 2. The lowest BCUT2D eigenvalue weighted by atomic mass is 10.2. The molecule has 0 radical (unpaired) electrons. The molecule has 3 aromatic rings. The van der Waals surface area contributed by atoms with Crippen LogP contribution in [-0.4, -0.2) is 31.2 Å². The van der Waals surface area contributed by atoms with Gasteiger partial charge in [0.2, 0.25) is 0 Å². The third-order valence-corrected chi connectivity index (χ3v) is 4.95. The molecule has 0 atom stereocenters. The van der Waals surface area contributed by atoms with Crippen LogP contribution in [0.2, 0.25) is 0 Å². The first-order chi connectivity index (χ1) is 15.0. The standard InChI is InChI=1S/C23H23N3O4S/c1-3-29-20-13-17(8-11-19(20)30-23(28)21-5-4-12-31-21)14-25-26-22(27)15-24-18-9-6-16(2)7-10-18/h4-14,24H,3,15H2,1-2H3,(H,26,27). The summed E-state index contributed by atoms with van der Waals surface area (Å²) >= 11 is 1.31. The highest BCUT2D eigenvalue weighted by molar-refractivity contribution is 7.12. The first-order valence-corrected chi connectivity index (χ1v) is 10.6. The molecule has 2 N–H and O–H groups in total. The topological polar surface area (TPSA) is 89.0 Å². The summed E-state index contributed by atoms with van der Waals surface area (Å²) in [6, 6.07) is 16.3. The first kappa shape index (κ1) is 22.0. The van der Waals surface area contributed by atoms with Gasteiger partial charge in [-0.3, -0.25) is 4.79 Å². The van der Waals surface area contributed by atoms with Gasteiger partial charge in [0.05, 0.1) is 19.4 Å². The Bertz CT molecular complexity index is 1050. The molecule has 0 aliphatic heterocycles. The summed E-state index contributed by atoms with van der Waals surface area (Å²) < 4.78 is 11.0. The molecule has 0 aliphatic carbocycles. The molecule has 0 bridgehead atoms. The highest BCUT2D eigenvalue weighted by Gasteiger charge is 2.14. The lowest BCUT2D eigenvalue weighted by molar-refractivity contribution is -0.119. The Morgan fingerprint density at radius 3 is 2.61 bits per heavy atom. The summed E-state index contributed by atoms with van der Waals surface area (Å²) in [5, 5.41) is 8.81. The third-order valence-electron chi connectivity index (χ3n) is 4.10. The normalized spacial score (nSPS) is 10.6. The van der Waals surface area contributed by atoms with Gasteiger partial charge < -0.3 is 14.8 Å². The smallest absolute Gasteiger partial charge is 0.353 e. The maximum absolute atomic E-state index is 12.2. The Labute approximate surface area is 184 Å². The van der Waals surface area contributed by atoms with Gasteiger partial charge in [-0.1, -0.05) is 23.8 Å². The number of hydrazone groups is 1. The second kappa shape index (κ2) is 10.9. The van der Waals surface area contributed by atoms with E-state index in [4.69, 9.17) is 9.47 Å². The highest BCUT2D eigenvalue weighted by Crippen LogP contribution is 2.29. The van der Waals surface area contributed by atoms with E-state index in [2.05, 4.69) is 15.8 Å². The van der Waals surface area contributed by atoms with E-state index >= 15 is 0 Å². The van der Waals surface area contributed by atoms with Crippen LogP contribution in [0, 0.1) is 6.92 Å². The van der Waals surface area contributed by atoms with Gasteiger partial charge in [0.25, 0.3) is 5.91 Å². The van der Waals surface area contributed by atoms with Crippen molar-refractivity contribution in [1.29, 1.82) is 0 Å². The summed E-state index contributed by atoms with van der Waals surface area (Å²) in [7, 11) is 0. The molecule has 0 spiro atoms. The number of hydrogen-bond donors (Lipinski definition) is 2. The minimum absolute atomic E-state index is 0.0994. The van der Waals surface area contributed by atoms with Crippen molar-refractivity contribution >= 4 is 35.1 Å². The molecule has 1 aromatic heterocycles. The van der Waals surface area contributed by atoms with Gasteiger partial charge in [0.15, 0.2) is 11.5 Å². The Morgan fingerprint density at radius 1 is 1.10 bits per heavy atom. The van der Waals surface area contributed by atoms with E-state index in [0.29, 0.717) is 28.5 Å². The molecule has 0 fully saturated rings. The van der Waals surface area contributed by atoms with Crippen LogP contribution < -0.4 is 20.2 Å². The van der Waals surface area contributed by atoms with Crippen molar-refractivity contribution in [2.45, 2.75) is 13.8 Å². The minimum Gasteiger partial charge on any atom is -0.490 e. The quantitative estimate of drug-likeness (QED) is 0.226. The summed E-state index contributed by atoms with van der Waals surface area (Å²) in [5.41, 5.74) is 5.17. The summed E-state index contributed by atoms with van der Waals surface area (Å²) in [6.07, 6.45) is 1.50. The van der Waals surface area contributed by atoms with Crippen molar-refractivity contribution in [3.63, 3.8) is 0 Å². The van der Waals surface area contributed by atoms with Crippen LogP contribution in [0.3, 0.4) is 0 Å². The van der Waals surface area contributed by atoms with Gasteiger partial charge in [0, 0.05) is 5.69 Å². The van der Waals surface area contributed by atoms with Gasteiger partial charge in [-0.05, 0) is 61.2 Å². The van der Waals surface area contributed by atoms with E-state index in [0.717, 1.165) is 11.3 Å². The zero-order valence-electron chi connectivity index (χ0n) is 17.3. The number of nitrogens with zero attached hydrogens (tertiary/aromatic N) is 1.